The van der Waals surface area contributed by atoms with Crippen molar-refractivity contribution < 1.29 is 4.79 Å². The molecule has 0 aliphatic carbocycles. The van der Waals surface area contributed by atoms with E-state index in [2.05, 4.69) is 5.32 Å². The number of rotatable bonds is 6. The molecule has 0 aliphatic rings. The average molecular weight is 251 g/mol. The van der Waals surface area contributed by atoms with Crippen LogP contribution in [0.3, 0.4) is 0 Å². The summed E-state index contributed by atoms with van der Waals surface area (Å²) in [6.07, 6.45) is 3.75. The molecule has 0 bridgehead atoms. The summed E-state index contributed by atoms with van der Waals surface area (Å²) < 4.78 is 1.54. The monoisotopic (exact) mass is 251 g/mol. The number of anilines is 1. The van der Waals surface area contributed by atoms with E-state index in [1.54, 1.807) is 16.8 Å². The van der Waals surface area contributed by atoms with Gasteiger partial charge in [-0.05, 0) is 19.4 Å². The fourth-order valence-electron chi connectivity index (χ4n) is 1.78. The number of nitrogens with two attached hydrogens (primary N) is 1. The van der Waals surface area contributed by atoms with Crippen molar-refractivity contribution in [3.05, 3.63) is 28.7 Å². The molecule has 1 aromatic rings. The summed E-state index contributed by atoms with van der Waals surface area (Å²) in [6.45, 7) is 4.50. The van der Waals surface area contributed by atoms with E-state index in [0.29, 0.717) is 18.7 Å². The van der Waals surface area contributed by atoms with Gasteiger partial charge in [0, 0.05) is 31.3 Å². The molecule has 1 unspecified atom stereocenters. The zero-order valence-electron chi connectivity index (χ0n) is 11.0. The molecule has 0 spiro atoms. The van der Waals surface area contributed by atoms with Crippen LogP contribution in [-0.4, -0.2) is 16.5 Å². The fraction of sp³-hybridized carbons (Fsp3) is 0.538. The highest BCUT2D eigenvalue weighted by atomic mass is 16.1. The third kappa shape index (κ3) is 4.33. The SMILES string of the molecule is CCCC(N)CC(=O)Nc1ccc(=O)n(CC)c1. The largest absolute Gasteiger partial charge is 0.327 e. The third-order valence-corrected chi connectivity index (χ3v) is 2.71. The second-order valence-corrected chi connectivity index (χ2v) is 4.34. The number of hydrogen-bond acceptors (Lipinski definition) is 3. The van der Waals surface area contributed by atoms with Gasteiger partial charge < -0.3 is 15.6 Å². The van der Waals surface area contributed by atoms with Gasteiger partial charge in [-0.1, -0.05) is 13.3 Å². The number of nitrogens with one attached hydrogen (secondary N) is 1. The topological polar surface area (TPSA) is 77.1 Å². The fourth-order valence-corrected chi connectivity index (χ4v) is 1.78. The molecule has 0 aliphatic heterocycles. The molecule has 1 rings (SSSR count). The number of aryl methyl sites for hydroxylation is 1. The Hall–Kier alpha value is -1.62. The van der Waals surface area contributed by atoms with Crippen molar-refractivity contribution in [3.63, 3.8) is 0 Å². The summed E-state index contributed by atoms with van der Waals surface area (Å²) in [4.78, 5) is 23.1. The normalized spacial score (nSPS) is 12.2. The highest BCUT2D eigenvalue weighted by molar-refractivity contribution is 5.90. The van der Waals surface area contributed by atoms with Crippen molar-refractivity contribution >= 4 is 11.6 Å². The molecule has 18 heavy (non-hydrogen) atoms. The third-order valence-electron chi connectivity index (χ3n) is 2.71. The van der Waals surface area contributed by atoms with Gasteiger partial charge in [0.1, 0.15) is 0 Å². The first kappa shape index (κ1) is 14.4. The lowest BCUT2D eigenvalue weighted by Gasteiger charge is -2.11. The van der Waals surface area contributed by atoms with Crippen LogP contribution in [0, 0.1) is 0 Å². The van der Waals surface area contributed by atoms with Gasteiger partial charge >= 0.3 is 0 Å². The van der Waals surface area contributed by atoms with Crippen LogP contribution in [0.25, 0.3) is 0 Å². The minimum atomic E-state index is -0.114. The molecule has 0 aromatic carbocycles. The number of nitrogens with zero attached hydrogens (tertiary/aromatic N) is 1. The zero-order chi connectivity index (χ0) is 13.5. The molecule has 0 saturated heterocycles. The van der Waals surface area contributed by atoms with Crippen molar-refractivity contribution in [3.8, 4) is 0 Å². The van der Waals surface area contributed by atoms with Crippen LogP contribution in [0.4, 0.5) is 5.69 Å². The summed E-state index contributed by atoms with van der Waals surface area (Å²) in [7, 11) is 0. The highest BCUT2D eigenvalue weighted by Crippen LogP contribution is 2.06. The number of carbonyl (C=O) groups excluding carboxylic acids is 1. The van der Waals surface area contributed by atoms with Crippen LogP contribution < -0.4 is 16.6 Å². The van der Waals surface area contributed by atoms with Crippen LogP contribution >= 0.6 is 0 Å². The van der Waals surface area contributed by atoms with Crippen molar-refractivity contribution in [1.82, 2.24) is 4.57 Å². The second-order valence-electron chi connectivity index (χ2n) is 4.34. The van der Waals surface area contributed by atoms with E-state index >= 15 is 0 Å². The lowest BCUT2D eigenvalue weighted by atomic mass is 10.1. The van der Waals surface area contributed by atoms with Gasteiger partial charge in [-0.2, -0.15) is 0 Å². The smallest absolute Gasteiger partial charge is 0.250 e. The van der Waals surface area contributed by atoms with E-state index in [1.165, 1.54) is 6.07 Å². The van der Waals surface area contributed by atoms with Gasteiger partial charge in [0.15, 0.2) is 0 Å². The Bertz CT molecular complexity index is 454. The van der Waals surface area contributed by atoms with Gasteiger partial charge in [-0.15, -0.1) is 0 Å². The predicted molar refractivity (Wildman–Crippen MR) is 72.5 cm³/mol. The minimum absolute atomic E-state index is 0.0711. The maximum atomic E-state index is 11.7. The van der Waals surface area contributed by atoms with Crippen molar-refractivity contribution in [2.45, 2.75) is 45.7 Å². The summed E-state index contributed by atoms with van der Waals surface area (Å²) in [5.74, 6) is -0.114. The summed E-state index contributed by atoms with van der Waals surface area (Å²) >= 11 is 0. The molecule has 3 N–H and O–H groups in total. The average Bonchev–Trinajstić information content (AvgIpc) is 2.31. The molecule has 0 fully saturated rings. The first-order valence-electron chi connectivity index (χ1n) is 6.32. The molecule has 0 saturated carbocycles. The minimum Gasteiger partial charge on any atom is -0.327 e. The molecule has 0 radical (unpaired) electrons. The molecule has 1 amide bonds. The summed E-state index contributed by atoms with van der Waals surface area (Å²) in [6, 6.07) is 2.95. The molecule has 1 atom stereocenters. The highest BCUT2D eigenvalue weighted by Gasteiger charge is 2.09. The number of hydrogen-bond donors (Lipinski definition) is 2. The van der Waals surface area contributed by atoms with E-state index < -0.39 is 0 Å². The second kappa shape index (κ2) is 6.96. The van der Waals surface area contributed by atoms with Gasteiger partial charge in [-0.25, -0.2) is 0 Å². The van der Waals surface area contributed by atoms with Crippen molar-refractivity contribution in [2.75, 3.05) is 5.32 Å². The van der Waals surface area contributed by atoms with E-state index in [9.17, 15) is 9.59 Å². The Kier molecular flexibility index (Phi) is 5.58. The van der Waals surface area contributed by atoms with Crippen LogP contribution in [-0.2, 0) is 11.3 Å². The van der Waals surface area contributed by atoms with E-state index in [0.717, 1.165) is 12.8 Å². The zero-order valence-corrected chi connectivity index (χ0v) is 11.0. The van der Waals surface area contributed by atoms with Crippen molar-refractivity contribution in [2.24, 2.45) is 5.73 Å². The molecular formula is C13H21N3O2. The Morgan fingerprint density at radius 1 is 1.44 bits per heavy atom. The Balaban J connectivity index is 2.62. The number of pyridine rings is 1. The van der Waals surface area contributed by atoms with Crippen molar-refractivity contribution in [1.29, 1.82) is 0 Å². The predicted octanol–water partition coefficient (Wildman–Crippen LogP) is 1.32. The van der Waals surface area contributed by atoms with E-state index in [4.69, 9.17) is 5.73 Å². The first-order chi connectivity index (χ1) is 8.56. The van der Waals surface area contributed by atoms with Gasteiger partial charge in [0.2, 0.25) is 5.91 Å². The van der Waals surface area contributed by atoms with E-state index in [1.807, 2.05) is 13.8 Å². The Labute approximate surface area is 107 Å². The van der Waals surface area contributed by atoms with Gasteiger partial charge in [-0.3, -0.25) is 9.59 Å². The molecule has 100 valence electrons. The summed E-state index contributed by atoms with van der Waals surface area (Å²) in [5.41, 5.74) is 6.36. The maximum Gasteiger partial charge on any atom is 0.250 e. The first-order valence-corrected chi connectivity index (χ1v) is 6.32. The van der Waals surface area contributed by atoms with Crippen LogP contribution in [0.15, 0.2) is 23.1 Å². The maximum absolute atomic E-state index is 11.7. The van der Waals surface area contributed by atoms with Crippen LogP contribution in [0.2, 0.25) is 0 Å². The lowest BCUT2D eigenvalue weighted by molar-refractivity contribution is -0.116. The molecule has 1 heterocycles. The van der Waals surface area contributed by atoms with Gasteiger partial charge in [0.05, 0.1) is 5.69 Å². The van der Waals surface area contributed by atoms with Gasteiger partial charge in [0.25, 0.3) is 5.56 Å². The summed E-state index contributed by atoms with van der Waals surface area (Å²) in [5, 5.41) is 2.75. The van der Waals surface area contributed by atoms with Crippen LogP contribution in [0.5, 0.6) is 0 Å². The lowest BCUT2D eigenvalue weighted by Crippen LogP contribution is -2.27. The van der Waals surface area contributed by atoms with E-state index in [-0.39, 0.29) is 17.5 Å². The molecular weight excluding hydrogens is 230 g/mol. The quantitative estimate of drug-likeness (QED) is 0.800. The molecule has 1 aromatic heterocycles. The molecule has 5 heteroatoms. The number of amides is 1. The number of carbonyl (C=O) groups is 1. The Morgan fingerprint density at radius 3 is 2.78 bits per heavy atom. The number of aromatic nitrogens is 1. The Morgan fingerprint density at radius 2 is 2.17 bits per heavy atom. The molecule has 5 nitrogen and oxygen atoms in total. The standard InChI is InChI=1S/C13H21N3O2/c1-3-5-10(14)8-12(17)15-11-6-7-13(18)16(4-2)9-11/h6-7,9-10H,3-5,8,14H2,1-2H3,(H,15,17). The van der Waals surface area contributed by atoms with Crippen LogP contribution in [0.1, 0.15) is 33.1 Å².